The molecule has 0 heterocycles. The summed E-state index contributed by atoms with van der Waals surface area (Å²) < 4.78 is 5.20. The lowest BCUT2D eigenvalue weighted by Gasteiger charge is -2.00. The number of hydrogen-bond donors (Lipinski definition) is 0. The summed E-state index contributed by atoms with van der Waals surface area (Å²) in [4.78, 5) is 0. The molecule has 0 unspecified atom stereocenters. The van der Waals surface area contributed by atoms with E-state index in [2.05, 4.69) is 12.0 Å². The lowest BCUT2D eigenvalue weighted by molar-refractivity contribution is 0.339. The Morgan fingerprint density at radius 2 is 2.45 bits per heavy atom. The number of benzene rings is 1. The smallest absolute Gasteiger partial charge is 0.128 e. The molecule has 0 saturated heterocycles. The minimum Gasteiger partial charge on any atom is -0.493 e. The minimum atomic E-state index is 0.643. The van der Waals surface area contributed by atoms with Crippen LogP contribution in [0.25, 0.3) is 0 Å². The topological polar surface area (TPSA) is 9.23 Å². The predicted octanol–water partition coefficient (Wildman–Crippen LogP) is 1.87. The van der Waals surface area contributed by atoms with Gasteiger partial charge in [0.05, 0.1) is 6.61 Å². The van der Waals surface area contributed by atoms with E-state index in [1.54, 1.807) is 0 Å². The number of rotatable bonds is 2. The first-order valence-corrected chi connectivity index (χ1v) is 3.48. The largest absolute Gasteiger partial charge is 0.493 e. The summed E-state index contributed by atoms with van der Waals surface area (Å²) in [7, 11) is 0. The lowest BCUT2D eigenvalue weighted by atomic mass is 10.2. The third-order valence-corrected chi connectivity index (χ3v) is 1.22. The molecule has 1 nitrogen and oxygen atoms in total. The summed E-state index contributed by atoms with van der Waals surface area (Å²) in [5.74, 6) is 3.20. The van der Waals surface area contributed by atoms with Crippen LogP contribution in [-0.2, 0) is 0 Å². The molecule has 1 aromatic rings. The van der Waals surface area contributed by atoms with Gasteiger partial charge in [0.25, 0.3) is 0 Å². The second kappa shape index (κ2) is 3.68. The van der Waals surface area contributed by atoms with Crippen LogP contribution >= 0.6 is 0 Å². The summed E-state index contributed by atoms with van der Waals surface area (Å²) in [6.07, 6.45) is 5.18. The van der Waals surface area contributed by atoms with Crippen LogP contribution in [0.5, 0.6) is 5.75 Å². The molecule has 1 radical (unpaired) electrons. The summed E-state index contributed by atoms with van der Waals surface area (Å²) >= 11 is 0. The van der Waals surface area contributed by atoms with Gasteiger partial charge < -0.3 is 4.74 Å². The molecule has 0 bridgehead atoms. The first kappa shape index (κ1) is 7.68. The van der Waals surface area contributed by atoms with Gasteiger partial charge >= 0.3 is 0 Å². The van der Waals surface area contributed by atoms with Crippen LogP contribution in [0, 0.1) is 18.4 Å². The van der Waals surface area contributed by atoms with E-state index in [1.807, 2.05) is 25.1 Å². The van der Waals surface area contributed by atoms with Gasteiger partial charge in [0.15, 0.2) is 0 Å². The van der Waals surface area contributed by atoms with Crippen molar-refractivity contribution in [3.05, 3.63) is 29.8 Å². The normalized spacial score (nSPS) is 8.73. The fourth-order valence-corrected chi connectivity index (χ4v) is 0.772. The van der Waals surface area contributed by atoms with Crippen molar-refractivity contribution in [2.75, 3.05) is 6.61 Å². The van der Waals surface area contributed by atoms with Crippen LogP contribution in [0.15, 0.2) is 18.2 Å². The van der Waals surface area contributed by atoms with E-state index in [1.165, 1.54) is 0 Å². The van der Waals surface area contributed by atoms with Gasteiger partial charge in [-0.25, -0.2) is 0 Å². The highest BCUT2D eigenvalue weighted by atomic mass is 16.5. The van der Waals surface area contributed by atoms with Gasteiger partial charge in [-0.1, -0.05) is 12.0 Å². The molecule has 0 aliphatic rings. The molecule has 1 aromatic carbocycles. The summed E-state index contributed by atoms with van der Waals surface area (Å²) in [6, 6.07) is 8.45. The van der Waals surface area contributed by atoms with Crippen LogP contribution in [0.4, 0.5) is 0 Å². The van der Waals surface area contributed by atoms with E-state index >= 15 is 0 Å². The molecule has 0 amide bonds. The molecular formula is C10H9O. The zero-order valence-corrected chi connectivity index (χ0v) is 6.42. The summed E-state index contributed by atoms with van der Waals surface area (Å²) in [5, 5.41) is 0. The summed E-state index contributed by atoms with van der Waals surface area (Å²) in [5.41, 5.74) is 0.732. The molecule has 0 aromatic heterocycles. The van der Waals surface area contributed by atoms with E-state index in [0.29, 0.717) is 12.4 Å². The third-order valence-electron chi connectivity index (χ3n) is 1.22. The first-order valence-electron chi connectivity index (χ1n) is 3.48. The Bertz CT molecular complexity index is 270. The van der Waals surface area contributed by atoms with Gasteiger partial charge in [-0.15, -0.1) is 6.42 Å². The van der Waals surface area contributed by atoms with Crippen molar-refractivity contribution < 1.29 is 4.74 Å². The average molecular weight is 145 g/mol. The molecule has 0 atom stereocenters. The van der Waals surface area contributed by atoms with Crippen molar-refractivity contribution in [3.63, 3.8) is 0 Å². The van der Waals surface area contributed by atoms with Gasteiger partial charge in [0, 0.05) is 11.6 Å². The second-order valence-electron chi connectivity index (χ2n) is 2.01. The van der Waals surface area contributed by atoms with Crippen LogP contribution < -0.4 is 4.74 Å². The Kier molecular flexibility index (Phi) is 2.57. The average Bonchev–Trinajstić information content (AvgIpc) is 2.06. The van der Waals surface area contributed by atoms with Gasteiger partial charge in [-0.05, 0) is 19.1 Å². The quantitative estimate of drug-likeness (QED) is 0.577. The SMILES string of the molecule is C#Cc1[c]c(OCC)ccc1. The maximum atomic E-state index is 5.20. The molecule has 55 valence electrons. The van der Waals surface area contributed by atoms with Crippen LogP contribution in [0.2, 0.25) is 0 Å². The molecule has 0 spiro atoms. The highest BCUT2D eigenvalue weighted by Crippen LogP contribution is 2.10. The molecule has 0 N–H and O–H groups in total. The van der Waals surface area contributed by atoms with Crippen molar-refractivity contribution in [1.82, 2.24) is 0 Å². The van der Waals surface area contributed by atoms with Gasteiger partial charge in [-0.3, -0.25) is 0 Å². The highest BCUT2D eigenvalue weighted by molar-refractivity contribution is 5.36. The molecule has 0 aliphatic heterocycles. The fraction of sp³-hybridized carbons (Fsp3) is 0.200. The van der Waals surface area contributed by atoms with Gasteiger partial charge in [0.1, 0.15) is 5.75 Å². The minimum absolute atomic E-state index is 0.643. The maximum Gasteiger partial charge on any atom is 0.128 e. The van der Waals surface area contributed by atoms with E-state index < -0.39 is 0 Å². The molecular weight excluding hydrogens is 136 g/mol. The molecule has 0 fully saturated rings. The molecule has 0 saturated carbocycles. The third kappa shape index (κ3) is 2.01. The van der Waals surface area contributed by atoms with E-state index in [0.717, 1.165) is 5.56 Å². The number of ether oxygens (including phenoxy) is 1. The zero-order chi connectivity index (χ0) is 8.10. The Labute approximate surface area is 67.0 Å². The Balaban J connectivity index is 2.85. The van der Waals surface area contributed by atoms with Crippen molar-refractivity contribution in [3.8, 4) is 18.1 Å². The second-order valence-corrected chi connectivity index (χ2v) is 2.01. The standard InChI is InChI=1S/C10H9O/c1-3-9-6-5-7-10(8-9)11-4-2/h1,5-7H,4H2,2H3. The molecule has 1 heteroatoms. The van der Waals surface area contributed by atoms with E-state index in [-0.39, 0.29) is 0 Å². The van der Waals surface area contributed by atoms with Crippen molar-refractivity contribution in [2.24, 2.45) is 0 Å². The Hall–Kier alpha value is -1.42. The van der Waals surface area contributed by atoms with Crippen molar-refractivity contribution in [1.29, 1.82) is 0 Å². The van der Waals surface area contributed by atoms with Crippen molar-refractivity contribution >= 4 is 0 Å². The van der Waals surface area contributed by atoms with Crippen LogP contribution in [0.3, 0.4) is 0 Å². The number of terminal acetylenes is 1. The monoisotopic (exact) mass is 145 g/mol. The van der Waals surface area contributed by atoms with Gasteiger partial charge in [0.2, 0.25) is 0 Å². The highest BCUT2D eigenvalue weighted by Gasteiger charge is 1.92. The lowest BCUT2D eigenvalue weighted by Crippen LogP contribution is -1.91. The summed E-state index contributed by atoms with van der Waals surface area (Å²) in [6.45, 7) is 2.57. The maximum absolute atomic E-state index is 5.20. The van der Waals surface area contributed by atoms with Gasteiger partial charge in [-0.2, -0.15) is 0 Å². The molecule has 1 rings (SSSR count). The Morgan fingerprint density at radius 1 is 1.64 bits per heavy atom. The fourth-order valence-electron chi connectivity index (χ4n) is 0.772. The molecule has 0 aliphatic carbocycles. The van der Waals surface area contributed by atoms with Crippen LogP contribution in [-0.4, -0.2) is 6.61 Å². The first-order chi connectivity index (χ1) is 5.36. The predicted molar refractivity (Wildman–Crippen MR) is 44.4 cm³/mol. The van der Waals surface area contributed by atoms with Crippen LogP contribution in [0.1, 0.15) is 12.5 Å². The molecule has 11 heavy (non-hydrogen) atoms. The zero-order valence-electron chi connectivity index (χ0n) is 6.42. The van der Waals surface area contributed by atoms with E-state index in [9.17, 15) is 0 Å². The number of hydrogen-bond acceptors (Lipinski definition) is 1. The van der Waals surface area contributed by atoms with Crippen molar-refractivity contribution in [2.45, 2.75) is 6.92 Å². The van der Waals surface area contributed by atoms with E-state index in [4.69, 9.17) is 11.2 Å². The Morgan fingerprint density at radius 3 is 3.09 bits per heavy atom.